The largest absolute Gasteiger partial charge is 0.496 e. The molecule has 120 valence electrons. The maximum Gasteiger partial charge on any atom is 0.308 e. The molecule has 22 heavy (non-hydrogen) atoms. The Kier molecular flexibility index (Phi) is 3.94. The van der Waals surface area contributed by atoms with Crippen molar-refractivity contribution in [3.63, 3.8) is 0 Å². The number of nitrogens with zero attached hydrogens (tertiary/aromatic N) is 1. The zero-order valence-electron chi connectivity index (χ0n) is 11.9. The molecule has 8 heteroatoms. The number of ether oxygens (including phenoxy) is 1. The smallest absolute Gasteiger partial charge is 0.308 e. The van der Waals surface area contributed by atoms with Crippen molar-refractivity contribution in [2.24, 2.45) is 5.92 Å². The van der Waals surface area contributed by atoms with E-state index in [4.69, 9.17) is 4.74 Å². The molecule has 2 bridgehead atoms. The molecule has 3 rings (SSSR count). The summed E-state index contributed by atoms with van der Waals surface area (Å²) in [7, 11) is -2.25. The van der Waals surface area contributed by atoms with Gasteiger partial charge in [-0.3, -0.25) is 4.79 Å². The molecule has 2 fully saturated rings. The summed E-state index contributed by atoms with van der Waals surface area (Å²) >= 11 is 3.29. The van der Waals surface area contributed by atoms with Crippen LogP contribution in [0, 0.1) is 5.92 Å². The fraction of sp³-hybridized carbons (Fsp3) is 0.500. The molecule has 0 aliphatic carbocycles. The highest BCUT2D eigenvalue weighted by atomic mass is 79.9. The van der Waals surface area contributed by atoms with Crippen LogP contribution in [0.3, 0.4) is 0 Å². The normalized spacial score (nSPS) is 28.0. The van der Waals surface area contributed by atoms with Crippen molar-refractivity contribution in [1.29, 1.82) is 0 Å². The third-order valence-corrected chi connectivity index (χ3v) is 7.12. The molecule has 2 aliphatic rings. The van der Waals surface area contributed by atoms with Crippen molar-refractivity contribution >= 4 is 31.9 Å². The van der Waals surface area contributed by atoms with Gasteiger partial charge in [-0.2, -0.15) is 4.31 Å². The van der Waals surface area contributed by atoms with Crippen LogP contribution < -0.4 is 4.74 Å². The van der Waals surface area contributed by atoms with E-state index in [1.54, 1.807) is 6.07 Å². The number of sulfonamides is 1. The first-order valence-corrected chi connectivity index (χ1v) is 9.19. The van der Waals surface area contributed by atoms with E-state index in [1.807, 2.05) is 0 Å². The number of methoxy groups -OCH3 is 1. The number of hydrogen-bond donors (Lipinski definition) is 1. The summed E-state index contributed by atoms with van der Waals surface area (Å²) in [4.78, 5) is 11.4. The summed E-state index contributed by atoms with van der Waals surface area (Å²) in [6.45, 7) is 0. The minimum absolute atomic E-state index is 0.135. The molecular formula is C14H16BrNO5S. The lowest BCUT2D eigenvalue weighted by atomic mass is 9.89. The number of fused-ring (bicyclic) bond motifs is 2. The van der Waals surface area contributed by atoms with E-state index in [9.17, 15) is 18.3 Å². The van der Waals surface area contributed by atoms with Gasteiger partial charge in [0.05, 0.1) is 22.4 Å². The predicted molar refractivity (Wildman–Crippen MR) is 82.3 cm³/mol. The van der Waals surface area contributed by atoms with E-state index in [1.165, 1.54) is 23.5 Å². The second-order valence-electron chi connectivity index (χ2n) is 5.61. The summed E-state index contributed by atoms with van der Waals surface area (Å²) in [5.74, 6) is -1.09. The fourth-order valence-electron chi connectivity index (χ4n) is 3.50. The lowest BCUT2D eigenvalue weighted by molar-refractivity contribution is -0.142. The number of halogens is 1. The Labute approximate surface area is 137 Å². The fourth-order valence-corrected chi connectivity index (χ4v) is 5.84. The molecule has 0 radical (unpaired) electrons. The number of carboxylic acid groups (broad SMARTS) is 1. The quantitative estimate of drug-likeness (QED) is 0.851. The van der Waals surface area contributed by atoms with E-state index >= 15 is 0 Å². The summed E-state index contributed by atoms with van der Waals surface area (Å²) in [6, 6.07) is 3.94. The molecule has 2 saturated heterocycles. The Morgan fingerprint density at radius 1 is 1.41 bits per heavy atom. The minimum Gasteiger partial charge on any atom is -0.496 e. The van der Waals surface area contributed by atoms with Gasteiger partial charge in [0.25, 0.3) is 0 Å². The summed E-state index contributed by atoms with van der Waals surface area (Å²) in [5, 5.41) is 9.26. The molecule has 0 amide bonds. The van der Waals surface area contributed by atoms with Crippen molar-refractivity contribution < 1.29 is 23.1 Å². The zero-order chi connectivity index (χ0) is 16.1. The van der Waals surface area contributed by atoms with Gasteiger partial charge in [0, 0.05) is 18.2 Å². The number of aliphatic carboxylic acids is 1. The maximum atomic E-state index is 12.9. The van der Waals surface area contributed by atoms with Crippen LogP contribution in [0.5, 0.6) is 5.75 Å². The molecule has 3 atom stereocenters. The van der Waals surface area contributed by atoms with Gasteiger partial charge in [-0.15, -0.1) is 0 Å². The number of benzene rings is 1. The van der Waals surface area contributed by atoms with Crippen molar-refractivity contribution in [1.82, 2.24) is 4.31 Å². The van der Waals surface area contributed by atoms with E-state index in [0.717, 1.165) is 6.42 Å². The van der Waals surface area contributed by atoms with E-state index < -0.39 is 28.0 Å². The molecule has 2 aliphatic heterocycles. The minimum atomic E-state index is -3.72. The van der Waals surface area contributed by atoms with Crippen molar-refractivity contribution in [2.45, 2.75) is 36.2 Å². The van der Waals surface area contributed by atoms with Gasteiger partial charge in [-0.25, -0.2) is 8.42 Å². The van der Waals surface area contributed by atoms with Crippen molar-refractivity contribution in [2.75, 3.05) is 7.11 Å². The lowest BCUT2D eigenvalue weighted by Crippen LogP contribution is -2.37. The highest BCUT2D eigenvalue weighted by Gasteiger charge is 2.54. The Morgan fingerprint density at radius 2 is 2.14 bits per heavy atom. The predicted octanol–water partition coefficient (Wildman–Crippen LogP) is 2.08. The second kappa shape index (κ2) is 5.50. The Balaban J connectivity index is 1.99. The Morgan fingerprint density at radius 3 is 2.73 bits per heavy atom. The molecular weight excluding hydrogens is 374 g/mol. The first kappa shape index (κ1) is 15.8. The third kappa shape index (κ3) is 2.33. The highest BCUT2D eigenvalue weighted by molar-refractivity contribution is 9.10. The molecule has 1 aromatic rings. The van der Waals surface area contributed by atoms with Gasteiger partial charge in [0.15, 0.2) is 0 Å². The van der Waals surface area contributed by atoms with E-state index in [-0.39, 0.29) is 10.9 Å². The molecule has 1 aromatic carbocycles. The van der Waals surface area contributed by atoms with Crippen LogP contribution in [-0.2, 0) is 14.8 Å². The van der Waals surface area contributed by atoms with Crippen LogP contribution in [0.2, 0.25) is 0 Å². The summed E-state index contributed by atoms with van der Waals surface area (Å²) < 4.78 is 33.0. The van der Waals surface area contributed by atoms with E-state index in [0.29, 0.717) is 23.1 Å². The van der Waals surface area contributed by atoms with Gasteiger partial charge in [0.2, 0.25) is 10.0 Å². The molecule has 6 nitrogen and oxygen atoms in total. The van der Waals surface area contributed by atoms with Crippen LogP contribution in [-0.4, -0.2) is 43.0 Å². The average Bonchev–Trinajstić information content (AvgIpc) is 3.06. The SMILES string of the molecule is COc1cc(S(=O)(=O)N2C3CCC2C(C(=O)O)C3)ccc1Br. The maximum absolute atomic E-state index is 12.9. The number of carbonyl (C=O) groups is 1. The zero-order valence-corrected chi connectivity index (χ0v) is 14.3. The van der Waals surface area contributed by atoms with Crippen LogP contribution in [0.25, 0.3) is 0 Å². The summed E-state index contributed by atoms with van der Waals surface area (Å²) in [6.07, 6.45) is 1.72. The molecule has 2 heterocycles. The van der Waals surface area contributed by atoms with Gasteiger partial charge in [0.1, 0.15) is 5.75 Å². The van der Waals surface area contributed by atoms with E-state index in [2.05, 4.69) is 15.9 Å². The number of hydrogen-bond acceptors (Lipinski definition) is 4. The molecule has 0 aromatic heterocycles. The number of rotatable bonds is 4. The second-order valence-corrected chi connectivity index (χ2v) is 8.31. The summed E-state index contributed by atoms with van der Waals surface area (Å²) in [5.41, 5.74) is 0. The van der Waals surface area contributed by atoms with Crippen LogP contribution >= 0.6 is 15.9 Å². The van der Waals surface area contributed by atoms with Crippen molar-refractivity contribution in [3.05, 3.63) is 22.7 Å². The molecule has 1 N–H and O–H groups in total. The molecule has 0 saturated carbocycles. The topological polar surface area (TPSA) is 83.9 Å². The Hall–Kier alpha value is -1.12. The van der Waals surface area contributed by atoms with Gasteiger partial charge < -0.3 is 9.84 Å². The van der Waals surface area contributed by atoms with Gasteiger partial charge >= 0.3 is 5.97 Å². The van der Waals surface area contributed by atoms with Gasteiger partial charge in [-0.05, 0) is 47.3 Å². The standard InChI is InChI=1S/C14H16BrNO5S/c1-21-13-7-9(3-4-11(13)15)22(19,20)16-8-2-5-12(16)10(6-8)14(17)18/h3-4,7-8,10,12H,2,5-6H2,1H3,(H,17,18). The molecule has 3 unspecified atom stereocenters. The monoisotopic (exact) mass is 389 g/mol. The third-order valence-electron chi connectivity index (χ3n) is 4.49. The first-order valence-electron chi connectivity index (χ1n) is 6.96. The average molecular weight is 390 g/mol. The lowest BCUT2D eigenvalue weighted by Gasteiger charge is -2.22. The molecule has 0 spiro atoms. The van der Waals surface area contributed by atoms with Crippen LogP contribution in [0.4, 0.5) is 0 Å². The van der Waals surface area contributed by atoms with Crippen LogP contribution in [0.1, 0.15) is 19.3 Å². The Bertz CT molecular complexity index is 720. The highest BCUT2D eigenvalue weighted by Crippen LogP contribution is 2.45. The number of carboxylic acids is 1. The van der Waals surface area contributed by atoms with Crippen LogP contribution in [0.15, 0.2) is 27.6 Å². The van der Waals surface area contributed by atoms with Crippen molar-refractivity contribution in [3.8, 4) is 5.75 Å². The van der Waals surface area contributed by atoms with Gasteiger partial charge in [-0.1, -0.05) is 0 Å². The first-order chi connectivity index (χ1) is 10.4.